The summed E-state index contributed by atoms with van der Waals surface area (Å²) in [6.45, 7) is 3.99. The van der Waals surface area contributed by atoms with Gasteiger partial charge in [-0.1, -0.05) is 28.8 Å². The molecule has 1 aliphatic heterocycles. The van der Waals surface area contributed by atoms with Crippen LogP contribution >= 0.6 is 11.5 Å². The normalized spacial score (nSPS) is 21.1. The lowest BCUT2D eigenvalue weighted by Crippen LogP contribution is -2.36. The van der Waals surface area contributed by atoms with E-state index in [1.54, 1.807) is 7.11 Å². The predicted molar refractivity (Wildman–Crippen MR) is 131 cm³/mol. The number of ether oxygens (including phenoxy) is 3. The molecule has 5 rings (SSSR count). The van der Waals surface area contributed by atoms with Crippen molar-refractivity contribution in [1.29, 1.82) is 0 Å². The predicted octanol–water partition coefficient (Wildman–Crippen LogP) is 5.03. The van der Waals surface area contributed by atoms with Crippen LogP contribution in [0.3, 0.4) is 0 Å². The number of aromatic nitrogens is 2. The minimum absolute atomic E-state index is 0.0907. The van der Waals surface area contributed by atoms with Crippen LogP contribution in [0.5, 0.6) is 11.5 Å². The van der Waals surface area contributed by atoms with Crippen LogP contribution in [0.1, 0.15) is 55.7 Å². The monoisotopic (exact) mass is 477 g/mol. The van der Waals surface area contributed by atoms with Crippen LogP contribution in [0.25, 0.3) is 11.3 Å². The van der Waals surface area contributed by atoms with E-state index >= 15 is 0 Å². The third-order valence-corrected chi connectivity index (χ3v) is 7.00. The summed E-state index contributed by atoms with van der Waals surface area (Å²) in [6, 6.07) is 12.5. The van der Waals surface area contributed by atoms with E-state index in [9.17, 15) is 4.79 Å². The lowest BCUT2D eigenvalue weighted by molar-refractivity contribution is -0.148. The van der Waals surface area contributed by atoms with Gasteiger partial charge in [-0.15, -0.1) is 5.10 Å². The molecule has 34 heavy (non-hydrogen) atoms. The maximum Gasteiger partial charge on any atom is 0.302 e. The van der Waals surface area contributed by atoms with Crippen molar-refractivity contribution >= 4 is 23.2 Å². The van der Waals surface area contributed by atoms with E-state index in [2.05, 4.69) is 39.9 Å². The summed E-state index contributed by atoms with van der Waals surface area (Å²) in [5.41, 5.74) is 6.09. The smallest absolute Gasteiger partial charge is 0.302 e. The van der Waals surface area contributed by atoms with Gasteiger partial charge in [0.2, 0.25) is 0 Å². The highest BCUT2D eigenvalue weighted by Crippen LogP contribution is 2.45. The lowest BCUT2D eigenvalue weighted by Gasteiger charge is -2.38. The number of methoxy groups -OCH3 is 1. The minimum Gasteiger partial charge on any atom is -0.493 e. The molecule has 0 saturated heterocycles. The Morgan fingerprint density at radius 3 is 2.59 bits per heavy atom. The van der Waals surface area contributed by atoms with E-state index in [4.69, 9.17) is 19.2 Å². The molecule has 7 nitrogen and oxygen atoms in total. The molecule has 0 bridgehead atoms. The molecule has 1 fully saturated rings. The molecule has 0 amide bonds. The summed E-state index contributed by atoms with van der Waals surface area (Å²) in [6.07, 6.45) is 2.34. The zero-order valence-corrected chi connectivity index (χ0v) is 20.3. The Hall–Kier alpha value is -3.26. The van der Waals surface area contributed by atoms with E-state index in [0.717, 1.165) is 53.1 Å². The summed E-state index contributed by atoms with van der Waals surface area (Å²) >= 11 is 1.34. The SMILES string of the molecule is CCOc1cc2c(cc1OC)C(c1ccc(-c3csnn3)cc1)=NC1CCC(OC(C)=O)CC21. The van der Waals surface area contributed by atoms with Crippen molar-refractivity contribution in [3.05, 3.63) is 58.5 Å². The van der Waals surface area contributed by atoms with Crippen molar-refractivity contribution in [2.45, 2.75) is 51.2 Å². The molecular weight excluding hydrogens is 450 g/mol. The standard InChI is InChI=1S/C26H27N3O4S/c1-4-32-25-12-19-20-11-18(33-15(2)30)9-10-22(20)27-26(21(19)13-24(25)31-3)17-7-5-16(6-8-17)23-14-34-29-28-23/h5-8,12-14,18,20,22H,4,9-11H2,1-3H3. The fourth-order valence-corrected chi connectivity index (χ4v) is 5.48. The average Bonchev–Trinajstić information content (AvgIpc) is 3.38. The largest absolute Gasteiger partial charge is 0.493 e. The van der Waals surface area contributed by atoms with E-state index in [1.807, 2.05) is 18.4 Å². The number of benzene rings is 2. The van der Waals surface area contributed by atoms with Gasteiger partial charge in [0.25, 0.3) is 0 Å². The fourth-order valence-electron chi connectivity index (χ4n) is 5.02. The van der Waals surface area contributed by atoms with Gasteiger partial charge < -0.3 is 14.2 Å². The molecule has 1 aromatic heterocycles. The van der Waals surface area contributed by atoms with Crippen LogP contribution in [-0.2, 0) is 9.53 Å². The van der Waals surface area contributed by atoms with Crippen molar-refractivity contribution in [1.82, 2.24) is 9.59 Å². The molecule has 3 aromatic rings. The molecular formula is C26H27N3O4S. The Labute approximate surface area is 202 Å². The number of rotatable bonds is 6. The van der Waals surface area contributed by atoms with Crippen LogP contribution in [0.15, 0.2) is 46.8 Å². The Kier molecular flexibility index (Phi) is 6.32. The van der Waals surface area contributed by atoms with Crippen LogP contribution < -0.4 is 9.47 Å². The first-order chi connectivity index (χ1) is 16.6. The van der Waals surface area contributed by atoms with E-state index in [0.29, 0.717) is 12.4 Å². The molecule has 0 N–H and O–H groups in total. The zero-order valence-electron chi connectivity index (χ0n) is 19.5. The lowest BCUT2D eigenvalue weighted by atomic mass is 9.74. The highest BCUT2D eigenvalue weighted by Gasteiger charge is 2.38. The topological polar surface area (TPSA) is 82.9 Å². The third kappa shape index (κ3) is 4.30. The number of nitrogens with zero attached hydrogens (tertiary/aromatic N) is 3. The molecule has 0 spiro atoms. The van der Waals surface area contributed by atoms with Crippen LogP contribution in [-0.4, -0.2) is 47.1 Å². The number of aliphatic imine (C=N–C) groups is 1. The Balaban J connectivity index is 1.57. The quantitative estimate of drug-likeness (QED) is 0.463. The maximum atomic E-state index is 11.6. The van der Waals surface area contributed by atoms with Crippen LogP contribution in [0.2, 0.25) is 0 Å². The summed E-state index contributed by atoms with van der Waals surface area (Å²) in [4.78, 5) is 16.8. The van der Waals surface area contributed by atoms with Crippen molar-refractivity contribution in [2.75, 3.05) is 13.7 Å². The van der Waals surface area contributed by atoms with Gasteiger partial charge in [0.1, 0.15) is 11.8 Å². The molecule has 2 heterocycles. The van der Waals surface area contributed by atoms with Gasteiger partial charge >= 0.3 is 5.97 Å². The van der Waals surface area contributed by atoms with Crippen molar-refractivity contribution in [3.8, 4) is 22.8 Å². The second kappa shape index (κ2) is 9.54. The number of hydrogen-bond acceptors (Lipinski definition) is 8. The number of hydrogen-bond donors (Lipinski definition) is 0. The molecule has 3 atom stereocenters. The van der Waals surface area contributed by atoms with Crippen molar-refractivity contribution in [2.24, 2.45) is 4.99 Å². The molecule has 3 unspecified atom stereocenters. The first-order valence-electron chi connectivity index (χ1n) is 11.5. The second-order valence-electron chi connectivity index (χ2n) is 8.59. The first-order valence-corrected chi connectivity index (χ1v) is 12.4. The second-order valence-corrected chi connectivity index (χ2v) is 9.20. The van der Waals surface area contributed by atoms with Crippen LogP contribution in [0.4, 0.5) is 0 Å². The maximum absolute atomic E-state index is 11.6. The van der Waals surface area contributed by atoms with Gasteiger partial charge in [-0.05, 0) is 55.4 Å². The molecule has 8 heteroatoms. The Morgan fingerprint density at radius 1 is 1.12 bits per heavy atom. The summed E-state index contributed by atoms with van der Waals surface area (Å²) in [5, 5.41) is 6.11. The van der Waals surface area contributed by atoms with Gasteiger partial charge in [0.15, 0.2) is 11.5 Å². The molecule has 2 aliphatic rings. The molecule has 176 valence electrons. The van der Waals surface area contributed by atoms with Gasteiger partial charge in [0, 0.05) is 34.9 Å². The average molecular weight is 478 g/mol. The highest BCUT2D eigenvalue weighted by molar-refractivity contribution is 7.03. The Bertz CT molecular complexity index is 1210. The van der Waals surface area contributed by atoms with Crippen LogP contribution in [0, 0.1) is 0 Å². The van der Waals surface area contributed by atoms with E-state index < -0.39 is 0 Å². The molecule has 2 aromatic carbocycles. The Morgan fingerprint density at radius 2 is 1.91 bits per heavy atom. The van der Waals surface area contributed by atoms with Crippen molar-refractivity contribution in [3.63, 3.8) is 0 Å². The van der Waals surface area contributed by atoms with Crippen molar-refractivity contribution < 1.29 is 19.0 Å². The van der Waals surface area contributed by atoms with Gasteiger partial charge in [0.05, 0.1) is 25.5 Å². The third-order valence-electron chi connectivity index (χ3n) is 6.50. The summed E-state index contributed by atoms with van der Waals surface area (Å²) in [7, 11) is 1.65. The minimum atomic E-state index is -0.233. The number of carbonyl (C=O) groups is 1. The van der Waals surface area contributed by atoms with Gasteiger partial charge in [-0.3, -0.25) is 9.79 Å². The number of carbonyl (C=O) groups excluding carboxylic acids is 1. The van der Waals surface area contributed by atoms with E-state index in [-0.39, 0.29) is 24.0 Å². The van der Waals surface area contributed by atoms with Gasteiger partial charge in [-0.2, -0.15) is 0 Å². The number of esters is 1. The highest BCUT2D eigenvalue weighted by atomic mass is 32.1. The first kappa shape index (κ1) is 22.5. The number of fused-ring (bicyclic) bond motifs is 3. The summed E-state index contributed by atoms with van der Waals surface area (Å²) in [5.74, 6) is 1.33. The fraction of sp³-hybridized carbons (Fsp3) is 0.385. The molecule has 1 aliphatic carbocycles. The van der Waals surface area contributed by atoms with Gasteiger partial charge in [-0.25, -0.2) is 0 Å². The zero-order chi connectivity index (χ0) is 23.7. The molecule has 0 radical (unpaired) electrons. The summed E-state index contributed by atoms with van der Waals surface area (Å²) < 4.78 is 21.1. The van der Waals surface area contributed by atoms with E-state index in [1.165, 1.54) is 24.0 Å². The molecule has 1 saturated carbocycles.